The Hall–Kier alpha value is -0.870. The summed E-state index contributed by atoms with van der Waals surface area (Å²) in [4.78, 5) is 12.1. The van der Waals surface area contributed by atoms with Crippen molar-refractivity contribution in [3.8, 4) is 0 Å². The summed E-state index contributed by atoms with van der Waals surface area (Å²) in [6.07, 6.45) is 0.627. The van der Waals surface area contributed by atoms with Crippen molar-refractivity contribution >= 4 is 17.4 Å². The lowest BCUT2D eigenvalue weighted by molar-refractivity contribution is -0.129. The van der Waals surface area contributed by atoms with Gasteiger partial charge in [-0.1, -0.05) is 18.5 Å². The monoisotopic (exact) mass is 272 g/mol. The fraction of sp³-hybridized carbons (Fsp3) is 0.692. The second kappa shape index (κ2) is 6.90. The van der Waals surface area contributed by atoms with Gasteiger partial charge in [-0.2, -0.15) is 5.10 Å². The Labute approximate surface area is 113 Å². The molecule has 1 atom stereocenters. The number of carbonyl (C=O) groups excluding carboxylic acids is 1. The maximum Gasteiger partial charge on any atom is 0.167 e. The molecule has 1 aromatic rings. The summed E-state index contributed by atoms with van der Waals surface area (Å²) in [5.74, 6) is 0.0656. The van der Waals surface area contributed by atoms with Gasteiger partial charge in [0.2, 0.25) is 0 Å². The number of ketones is 1. The van der Waals surface area contributed by atoms with Gasteiger partial charge in [-0.25, -0.2) is 0 Å². The van der Waals surface area contributed by atoms with Crippen molar-refractivity contribution in [3.05, 3.63) is 16.4 Å². The molecule has 0 N–H and O–H groups in total. The smallest absolute Gasteiger partial charge is 0.167 e. The molecule has 0 radical (unpaired) electrons. The van der Waals surface area contributed by atoms with Gasteiger partial charge in [0.15, 0.2) is 5.78 Å². The van der Waals surface area contributed by atoms with Crippen molar-refractivity contribution < 1.29 is 9.53 Å². The number of aryl methyl sites for hydroxylation is 2. The maximum absolute atomic E-state index is 12.1. The number of aromatic nitrogens is 2. The summed E-state index contributed by atoms with van der Waals surface area (Å²) in [5, 5.41) is 4.90. The normalized spacial score (nSPS) is 12.7. The third-order valence-corrected chi connectivity index (χ3v) is 3.38. The van der Waals surface area contributed by atoms with Crippen LogP contribution in [-0.2, 0) is 22.5 Å². The molecule has 0 aliphatic heterocycles. The number of Topliss-reactive ketones (excluding diaryl/α,β-unsaturated/α-hetero) is 1. The SMILES string of the molecule is CCOC(CC)C(=O)Cc1c(Cl)c(C)nn1CC. The fourth-order valence-electron chi connectivity index (χ4n) is 1.96. The summed E-state index contributed by atoms with van der Waals surface area (Å²) in [6, 6.07) is 0. The molecule has 1 unspecified atom stereocenters. The van der Waals surface area contributed by atoms with E-state index in [4.69, 9.17) is 16.3 Å². The minimum Gasteiger partial charge on any atom is -0.371 e. The predicted molar refractivity (Wildman–Crippen MR) is 72.1 cm³/mol. The fourth-order valence-corrected chi connectivity index (χ4v) is 2.16. The predicted octanol–water partition coefficient (Wildman–Crippen LogP) is 2.79. The van der Waals surface area contributed by atoms with Crippen LogP contribution in [0.5, 0.6) is 0 Å². The highest BCUT2D eigenvalue weighted by atomic mass is 35.5. The lowest BCUT2D eigenvalue weighted by atomic mass is 10.1. The van der Waals surface area contributed by atoms with Crippen LogP contribution in [0.4, 0.5) is 0 Å². The Bertz CT molecular complexity index is 415. The van der Waals surface area contributed by atoms with Crippen LogP contribution in [0.2, 0.25) is 5.02 Å². The number of nitrogens with zero attached hydrogens (tertiary/aromatic N) is 2. The Morgan fingerprint density at radius 1 is 1.44 bits per heavy atom. The van der Waals surface area contributed by atoms with E-state index in [9.17, 15) is 4.79 Å². The summed E-state index contributed by atoms with van der Waals surface area (Å²) in [6.45, 7) is 8.93. The van der Waals surface area contributed by atoms with E-state index in [-0.39, 0.29) is 18.3 Å². The van der Waals surface area contributed by atoms with Crippen molar-refractivity contribution in [1.29, 1.82) is 0 Å². The van der Waals surface area contributed by atoms with Crippen molar-refractivity contribution in [2.24, 2.45) is 0 Å². The van der Waals surface area contributed by atoms with E-state index in [0.29, 0.717) is 24.6 Å². The molecule has 0 saturated carbocycles. The van der Waals surface area contributed by atoms with Gasteiger partial charge >= 0.3 is 0 Å². The van der Waals surface area contributed by atoms with Gasteiger partial charge in [0.1, 0.15) is 6.10 Å². The van der Waals surface area contributed by atoms with Crippen LogP contribution in [0.25, 0.3) is 0 Å². The van der Waals surface area contributed by atoms with Crippen LogP contribution in [0.3, 0.4) is 0 Å². The highest BCUT2D eigenvalue weighted by Crippen LogP contribution is 2.21. The van der Waals surface area contributed by atoms with Gasteiger partial charge in [-0.3, -0.25) is 9.48 Å². The van der Waals surface area contributed by atoms with Crippen LogP contribution in [0.1, 0.15) is 38.6 Å². The molecule has 1 heterocycles. The highest BCUT2D eigenvalue weighted by Gasteiger charge is 2.21. The standard InChI is InChI=1S/C13H21ClN2O2/c1-5-12(18-7-3)11(17)8-10-13(14)9(4)15-16(10)6-2/h12H,5-8H2,1-4H3. The minimum absolute atomic E-state index is 0.0656. The molecule has 1 aromatic heterocycles. The van der Waals surface area contributed by atoms with Crippen LogP contribution >= 0.6 is 11.6 Å². The van der Waals surface area contributed by atoms with E-state index in [1.165, 1.54) is 0 Å². The average molecular weight is 273 g/mol. The Kier molecular flexibility index (Phi) is 5.82. The van der Waals surface area contributed by atoms with Gasteiger partial charge in [0.05, 0.1) is 22.8 Å². The summed E-state index contributed by atoms with van der Waals surface area (Å²) < 4.78 is 7.21. The van der Waals surface area contributed by atoms with Crippen molar-refractivity contribution in [1.82, 2.24) is 9.78 Å². The Morgan fingerprint density at radius 3 is 2.61 bits per heavy atom. The molecular weight excluding hydrogens is 252 g/mol. The Balaban J connectivity index is 2.86. The molecule has 0 spiro atoms. The van der Waals surface area contributed by atoms with Gasteiger partial charge in [0, 0.05) is 13.2 Å². The van der Waals surface area contributed by atoms with Crippen molar-refractivity contribution in [2.75, 3.05) is 6.61 Å². The first-order chi connectivity index (χ1) is 8.54. The first-order valence-electron chi connectivity index (χ1n) is 6.41. The minimum atomic E-state index is -0.341. The first kappa shape index (κ1) is 15.2. The number of rotatable bonds is 7. The van der Waals surface area contributed by atoms with Crippen LogP contribution < -0.4 is 0 Å². The average Bonchev–Trinajstić information content (AvgIpc) is 2.63. The molecule has 0 aliphatic rings. The third kappa shape index (κ3) is 3.33. The topological polar surface area (TPSA) is 44.1 Å². The number of ether oxygens (including phenoxy) is 1. The first-order valence-corrected chi connectivity index (χ1v) is 6.78. The van der Waals surface area contributed by atoms with E-state index in [2.05, 4.69) is 5.10 Å². The molecule has 5 heteroatoms. The van der Waals surface area contributed by atoms with E-state index in [1.807, 2.05) is 27.7 Å². The van der Waals surface area contributed by atoms with E-state index >= 15 is 0 Å². The second-order valence-electron chi connectivity index (χ2n) is 4.16. The zero-order valence-corrected chi connectivity index (χ0v) is 12.3. The molecule has 4 nitrogen and oxygen atoms in total. The summed E-state index contributed by atoms with van der Waals surface area (Å²) in [7, 11) is 0. The van der Waals surface area contributed by atoms with Gasteiger partial charge < -0.3 is 4.74 Å². The Morgan fingerprint density at radius 2 is 2.11 bits per heavy atom. The van der Waals surface area contributed by atoms with Gasteiger partial charge in [-0.05, 0) is 27.2 Å². The number of halogens is 1. The molecule has 0 bridgehead atoms. The third-order valence-electron chi connectivity index (χ3n) is 2.89. The van der Waals surface area contributed by atoms with E-state index in [1.54, 1.807) is 4.68 Å². The van der Waals surface area contributed by atoms with Crippen molar-refractivity contribution in [2.45, 2.75) is 53.2 Å². The largest absolute Gasteiger partial charge is 0.371 e. The summed E-state index contributed by atoms with van der Waals surface area (Å²) >= 11 is 6.19. The van der Waals surface area contributed by atoms with Crippen LogP contribution in [0.15, 0.2) is 0 Å². The maximum atomic E-state index is 12.1. The van der Waals surface area contributed by atoms with Crippen molar-refractivity contribution in [3.63, 3.8) is 0 Å². The van der Waals surface area contributed by atoms with Crippen LogP contribution in [0, 0.1) is 6.92 Å². The highest BCUT2D eigenvalue weighted by molar-refractivity contribution is 6.32. The van der Waals surface area contributed by atoms with E-state index in [0.717, 1.165) is 11.4 Å². The molecule has 0 saturated heterocycles. The number of hydrogen-bond acceptors (Lipinski definition) is 3. The zero-order valence-electron chi connectivity index (χ0n) is 11.5. The molecule has 0 aromatic carbocycles. The molecule has 18 heavy (non-hydrogen) atoms. The van der Waals surface area contributed by atoms with E-state index < -0.39 is 0 Å². The lowest BCUT2D eigenvalue weighted by Gasteiger charge is -2.14. The number of carbonyl (C=O) groups is 1. The second-order valence-corrected chi connectivity index (χ2v) is 4.54. The molecular formula is C13H21ClN2O2. The summed E-state index contributed by atoms with van der Waals surface area (Å²) in [5.41, 5.74) is 1.56. The zero-order chi connectivity index (χ0) is 13.7. The molecule has 0 aliphatic carbocycles. The molecule has 0 fully saturated rings. The van der Waals surface area contributed by atoms with Gasteiger partial charge in [0.25, 0.3) is 0 Å². The lowest BCUT2D eigenvalue weighted by Crippen LogP contribution is -2.26. The molecule has 0 amide bonds. The molecule has 102 valence electrons. The quantitative estimate of drug-likeness (QED) is 0.767. The van der Waals surface area contributed by atoms with Gasteiger partial charge in [-0.15, -0.1) is 0 Å². The molecule has 1 rings (SSSR count). The van der Waals surface area contributed by atoms with Crippen LogP contribution in [-0.4, -0.2) is 28.3 Å². The number of hydrogen-bond donors (Lipinski definition) is 0.